The summed E-state index contributed by atoms with van der Waals surface area (Å²) in [5, 5.41) is 0. The highest BCUT2D eigenvalue weighted by Gasteiger charge is 2.19. The Balaban J connectivity index is 4.15. The molecule has 0 amide bonds. The van der Waals surface area contributed by atoms with Gasteiger partial charge in [0, 0.05) is 19.3 Å². The van der Waals surface area contributed by atoms with E-state index < -0.39 is 6.10 Å². The molecule has 73 heavy (non-hydrogen) atoms. The number of esters is 3. The van der Waals surface area contributed by atoms with Crippen molar-refractivity contribution in [2.75, 3.05) is 13.2 Å². The number of hydrogen-bond donors (Lipinski definition) is 0. The minimum Gasteiger partial charge on any atom is -0.462 e. The summed E-state index contributed by atoms with van der Waals surface area (Å²) < 4.78 is 16.9. The van der Waals surface area contributed by atoms with Crippen LogP contribution in [0, 0.1) is 0 Å². The molecule has 428 valence electrons. The first kappa shape index (κ1) is 70.6. The average Bonchev–Trinajstić information content (AvgIpc) is 3.39. The van der Waals surface area contributed by atoms with Crippen LogP contribution in [0.25, 0.3) is 0 Å². The van der Waals surface area contributed by atoms with Crippen LogP contribution in [-0.2, 0) is 28.6 Å². The predicted molar refractivity (Wildman–Crippen MR) is 316 cm³/mol. The third-order valence-corrected chi connectivity index (χ3v) is 14.6. The molecule has 0 spiro atoms. The van der Waals surface area contributed by atoms with Crippen molar-refractivity contribution in [3.05, 3.63) is 36.5 Å². The molecular formula is C67H124O6. The van der Waals surface area contributed by atoms with Gasteiger partial charge in [0.15, 0.2) is 6.10 Å². The maximum atomic E-state index is 12.9. The van der Waals surface area contributed by atoms with Crippen LogP contribution in [-0.4, -0.2) is 37.2 Å². The van der Waals surface area contributed by atoms with E-state index in [1.807, 2.05) is 0 Å². The summed E-state index contributed by atoms with van der Waals surface area (Å²) in [6.45, 7) is 6.67. The van der Waals surface area contributed by atoms with Gasteiger partial charge in [0.2, 0.25) is 0 Å². The third kappa shape index (κ3) is 60.4. The molecule has 1 unspecified atom stereocenters. The zero-order valence-electron chi connectivity index (χ0n) is 49.2. The highest BCUT2D eigenvalue weighted by molar-refractivity contribution is 5.71. The molecule has 0 aromatic heterocycles. The zero-order chi connectivity index (χ0) is 52.9. The normalized spacial score (nSPS) is 12.2. The lowest BCUT2D eigenvalue weighted by molar-refractivity contribution is -0.167. The Morgan fingerprint density at radius 3 is 0.767 bits per heavy atom. The van der Waals surface area contributed by atoms with Crippen molar-refractivity contribution < 1.29 is 28.6 Å². The molecule has 0 saturated heterocycles. The zero-order valence-corrected chi connectivity index (χ0v) is 49.2. The van der Waals surface area contributed by atoms with E-state index in [1.54, 1.807) is 0 Å². The van der Waals surface area contributed by atoms with Gasteiger partial charge in [0.05, 0.1) is 0 Å². The fraction of sp³-hybridized carbons (Fsp3) is 0.866. The molecule has 0 aliphatic rings. The summed E-state index contributed by atoms with van der Waals surface area (Å²) in [7, 11) is 0. The highest BCUT2D eigenvalue weighted by atomic mass is 16.6. The van der Waals surface area contributed by atoms with Gasteiger partial charge in [0.1, 0.15) is 13.2 Å². The Labute approximate surface area is 455 Å². The lowest BCUT2D eigenvalue weighted by atomic mass is 10.0. The predicted octanol–water partition coefficient (Wildman–Crippen LogP) is 22.0. The molecule has 0 saturated carbocycles. The standard InChI is InChI=1S/C67H124O6/c1-4-7-10-13-16-19-21-23-25-27-29-30-31-32-33-34-35-36-38-39-41-43-45-48-51-54-57-60-66(69)72-63-64(62-71-65(68)59-56-53-50-47-18-15-12-9-6-3)73-67(70)61-58-55-52-49-46-44-42-40-37-28-26-24-22-20-17-14-11-8-5-2/h21,23,27,29,31-32,64H,4-20,22,24-26,28,30,33-63H2,1-3H3/b23-21-,29-27-,32-31-. The Morgan fingerprint density at radius 2 is 0.493 bits per heavy atom. The molecule has 1 atom stereocenters. The summed E-state index contributed by atoms with van der Waals surface area (Å²) in [4.78, 5) is 38.2. The van der Waals surface area contributed by atoms with Crippen molar-refractivity contribution >= 4 is 17.9 Å². The molecule has 0 heterocycles. The van der Waals surface area contributed by atoms with Gasteiger partial charge in [0.25, 0.3) is 0 Å². The van der Waals surface area contributed by atoms with Crippen molar-refractivity contribution in [1.82, 2.24) is 0 Å². The molecule has 0 radical (unpaired) electrons. The molecule has 0 aromatic rings. The van der Waals surface area contributed by atoms with Crippen LogP contribution < -0.4 is 0 Å². The van der Waals surface area contributed by atoms with Gasteiger partial charge in [-0.15, -0.1) is 0 Å². The van der Waals surface area contributed by atoms with E-state index in [0.717, 1.165) is 70.6 Å². The van der Waals surface area contributed by atoms with E-state index >= 15 is 0 Å². The molecule has 0 aliphatic carbocycles. The van der Waals surface area contributed by atoms with Crippen LogP contribution in [0.5, 0.6) is 0 Å². The van der Waals surface area contributed by atoms with Crippen molar-refractivity contribution in [1.29, 1.82) is 0 Å². The molecule has 6 nitrogen and oxygen atoms in total. The Kier molecular flexibility index (Phi) is 60.2. The molecule has 0 N–H and O–H groups in total. The van der Waals surface area contributed by atoms with Crippen molar-refractivity contribution in [3.8, 4) is 0 Å². The first-order chi connectivity index (χ1) is 36.0. The molecular weight excluding hydrogens is 901 g/mol. The van der Waals surface area contributed by atoms with Gasteiger partial charge in [-0.05, 0) is 57.8 Å². The Hall–Kier alpha value is -2.37. The molecule has 0 aromatic carbocycles. The molecule has 0 fully saturated rings. The molecule has 0 aliphatic heterocycles. The molecule has 0 rings (SSSR count). The molecule has 6 heteroatoms. The summed E-state index contributed by atoms with van der Waals surface area (Å²) in [6.07, 6.45) is 75.9. The summed E-state index contributed by atoms with van der Waals surface area (Å²) >= 11 is 0. The first-order valence-electron chi connectivity index (χ1n) is 32.5. The number of carbonyl (C=O) groups excluding carboxylic acids is 3. The highest BCUT2D eigenvalue weighted by Crippen LogP contribution is 2.18. The van der Waals surface area contributed by atoms with Crippen LogP contribution in [0.4, 0.5) is 0 Å². The lowest BCUT2D eigenvalue weighted by Crippen LogP contribution is -2.30. The van der Waals surface area contributed by atoms with Gasteiger partial charge in [-0.1, -0.05) is 314 Å². The fourth-order valence-electron chi connectivity index (χ4n) is 9.75. The van der Waals surface area contributed by atoms with E-state index in [0.29, 0.717) is 19.3 Å². The minimum absolute atomic E-state index is 0.0671. The van der Waals surface area contributed by atoms with Crippen LogP contribution >= 0.6 is 0 Å². The quantitative estimate of drug-likeness (QED) is 0.0261. The average molecular weight is 1030 g/mol. The Morgan fingerprint density at radius 1 is 0.274 bits per heavy atom. The smallest absolute Gasteiger partial charge is 0.306 e. The largest absolute Gasteiger partial charge is 0.462 e. The molecule has 0 bridgehead atoms. The van der Waals surface area contributed by atoms with Crippen molar-refractivity contribution in [2.24, 2.45) is 0 Å². The summed E-state index contributed by atoms with van der Waals surface area (Å²) in [5.74, 6) is -0.848. The number of carbonyl (C=O) groups is 3. The van der Waals surface area contributed by atoms with Gasteiger partial charge in [-0.2, -0.15) is 0 Å². The fourth-order valence-corrected chi connectivity index (χ4v) is 9.75. The maximum Gasteiger partial charge on any atom is 0.306 e. The van der Waals surface area contributed by atoms with Gasteiger partial charge < -0.3 is 14.2 Å². The van der Waals surface area contributed by atoms with Crippen molar-refractivity contribution in [2.45, 2.75) is 361 Å². The van der Waals surface area contributed by atoms with E-state index in [-0.39, 0.29) is 31.1 Å². The second-order valence-corrected chi connectivity index (χ2v) is 22.0. The number of rotatable bonds is 60. The number of allylic oxidation sites excluding steroid dienone is 6. The van der Waals surface area contributed by atoms with Gasteiger partial charge in [-0.25, -0.2) is 0 Å². The second kappa shape index (κ2) is 62.2. The van der Waals surface area contributed by atoms with E-state index in [1.165, 1.54) is 244 Å². The topological polar surface area (TPSA) is 78.9 Å². The Bertz CT molecular complexity index is 1220. The van der Waals surface area contributed by atoms with Crippen LogP contribution in [0.2, 0.25) is 0 Å². The van der Waals surface area contributed by atoms with Crippen molar-refractivity contribution in [3.63, 3.8) is 0 Å². The monoisotopic (exact) mass is 1020 g/mol. The summed E-state index contributed by atoms with van der Waals surface area (Å²) in [5.41, 5.74) is 0. The van der Waals surface area contributed by atoms with E-state index in [2.05, 4.69) is 57.2 Å². The lowest BCUT2D eigenvalue weighted by Gasteiger charge is -2.18. The number of ether oxygens (including phenoxy) is 3. The van der Waals surface area contributed by atoms with Gasteiger partial charge >= 0.3 is 17.9 Å². The first-order valence-corrected chi connectivity index (χ1v) is 32.5. The van der Waals surface area contributed by atoms with E-state index in [9.17, 15) is 14.4 Å². The third-order valence-electron chi connectivity index (χ3n) is 14.6. The van der Waals surface area contributed by atoms with Gasteiger partial charge in [-0.3, -0.25) is 14.4 Å². The second-order valence-electron chi connectivity index (χ2n) is 22.0. The summed E-state index contributed by atoms with van der Waals surface area (Å²) in [6, 6.07) is 0. The minimum atomic E-state index is -0.768. The van der Waals surface area contributed by atoms with Crippen LogP contribution in [0.15, 0.2) is 36.5 Å². The number of hydrogen-bond acceptors (Lipinski definition) is 6. The van der Waals surface area contributed by atoms with Crippen LogP contribution in [0.3, 0.4) is 0 Å². The SMILES string of the molecule is CCCCCCC/C=C\C/C=C\C/C=C\CCCCCCCCCCCCCCC(=O)OCC(COC(=O)CCCCCCCCCCC)OC(=O)CCCCCCCCCCCCCCCCCCCCC. The number of unbranched alkanes of at least 4 members (excludes halogenated alkanes) is 43. The van der Waals surface area contributed by atoms with E-state index in [4.69, 9.17) is 14.2 Å². The van der Waals surface area contributed by atoms with Crippen LogP contribution in [0.1, 0.15) is 355 Å². The maximum absolute atomic E-state index is 12.9.